The fraction of sp³-hybridized carbons (Fsp3) is 0.400. The maximum Gasteiger partial charge on any atom is 0.269 e. The van der Waals surface area contributed by atoms with Gasteiger partial charge in [-0.2, -0.15) is 0 Å². The highest BCUT2D eigenvalue weighted by atomic mass is 32.2. The summed E-state index contributed by atoms with van der Waals surface area (Å²) in [7, 11) is -4.01. The Hall–Kier alpha value is -3.20. The number of sulfonamides is 1. The van der Waals surface area contributed by atoms with Gasteiger partial charge in [0.25, 0.3) is 15.9 Å². The van der Waals surface area contributed by atoms with E-state index in [0.717, 1.165) is 15.4 Å². The van der Waals surface area contributed by atoms with E-state index in [0.29, 0.717) is 6.42 Å². The van der Waals surface area contributed by atoms with Crippen molar-refractivity contribution in [3.05, 3.63) is 65.2 Å². The van der Waals surface area contributed by atoms with Gasteiger partial charge in [0.1, 0.15) is 10.9 Å². The summed E-state index contributed by atoms with van der Waals surface area (Å²) in [4.78, 5) is 40.4. The summed E-state index contributed by atoms with van der Waals surface area (Å²) < 4.78 is 26.4. The van der Waals surface area contributed by atoms with Gasteiger partial charge < -0.3 is 10.2 Å². The van der Waals surface area contributed by atoms with Crippen molar-refractivity contribution in [3.8, 4) is 0 Å². The van der Waals surface area contributed by atoms with Gasteiger partial charge in [0, 0.05) is 25.6 Å². The fourth-order valence-electron chi connectivity index (χ4n) is 4.10. The third kappa shape index (κ3) is 5.30. The molecule has 34 heavy (non-hydrogen) atoms. The second-order valence-corrected chi connectivity index (χ2v) is 10.6. The molecule has 1 unspecified atom stereocenters. The van der Waals surface area contributed by atoms with Crippen LogP contribution >= 0.6 is 0 Å². The normalized spacial score (nSPS) is 15.2. The number of rotatable bonds is 9. The highest BCUT2D eigenvalue weighted by Crippen LogP contribution is 2.30. The average Bonchev–Trinajstić information content (AvgIpc) is 2.97. The topological polar surface area (TPSA) is 104 Å². The lowest BCUT2D eigenvalue weighted by molar-refractivity contribution is -0.141. The number of hydrogen-bond acceptors (Lipinski definition) is 5. The number of carbonyl (C=O) groups is 3. The van der Waals surface area contributed by atoms with Crippen molar-refractivity contribution in [3.63, 3.8) is 0 Å². The number of carbonyl (C=O) groups excluding carboxylic acids is 3. The van der Waals surface area contributed by atoms with Gasteiger partial charge in [0.15, 0.2) is 0 Å². The number of fused-ring (bicyclic) bond motifs is 1. The first-order chi connectivity index (χ1) is 16.1. The lowest BCUT2D eigenvalue weighted by Gasteiger charge is -2.31. The van der Waals surface area contributed by atoms with Crippen molar-refractivity contribution in [2.24, 2.45) is 0 Å². The average molecular weight is 486 g/mol. The smallest absolute Gasteiger partial charge is 0.269 e. The van der Waals surface area contributed by atoms with Crippen LogP contribution in [0.4, 0.5) is 0 Å². The number of amides is 3. The second-order valence-electron chi connectivity index (χ2n) is 8.73. The summed E-state index contributed by atoms with van der Waals surface area (Å²) in [6.45, 7) is 7.37. The summed E-state index contributed by atoms with van der Waals surface area (Å²) in [6, 6.07) is 12.8. The molecule has 1 aliphatic rings. The van der Waals surface area contributed by atoms with Gasteiger partial charge in [-0.3, -0.25) is 14.4 Å². The van der Waals surface area contributed by atoms with Gasteiger partial charge in [-0.1, -0.05) is 48.9 Å². The molecule has 2 aromatic carbocycles. The fourth-order valence-corrected chi connectivity index (χ4v) is 5.67. The maximum atomic E-state index is 13.4. The monoisotopic (exact) mass is 485 g/mol. The molecule has 0 saturated heterocycles. The molecular weight excluding hydrogens is 454 g/mol. The van der Waals surface area contributed by atoms with Gasteiger partial charge in [-0.25, -0.2) is 12.7 Å². The minimum Gasteiger partial charge on any atom is -0.352 e. The molecule has 0 bridgehead atoms. The molecule has 0 aliphatic carbocycles. The quantitative estimate of drug-likeness (QED) is 0.588. The summed E-state index contributed by atoms with van der Waals surface area (Å²) in [6.07, 6.45) is 0.165. The molecular formula is C25H31N3O5S. The Bertz CT molecular complexity index is 1190. The van der Waals surface area contributed by atoms with Crippen LogP contribution in [0, 0.1) is 6.92 Å². The molecule has 9 heteroatoms. The number of benzene rings is 2. The highest BCUT2D eigenvalue weighted by Gasteiger charge is 2.41. The van der Waals surface area contributed by atoms with Crippen molar-refractivity contribution in [2.75, 3.05) is 6.54 Å². The minimum absolute atomic E-state index is 0.0492. The first kappa shape index (κ1) is 25.4. The third-order valence-electron chi connectivity index (χ3n) is 5.69. The van der Waals surface area contributed by atoms with Crippen LogP contribution in [-0.2, 0) is 26.2 Å². The zero-order valence-corrected chi connectivity index (χ0v) is 20.8. The summed E-state index contributed by atoms with van der Waals surface area (Å²) in [5.74, 6) is -1.31. The van der Waals surface area contributed by atoms with Crippen LogP contribution in [0.25, 0.3) is 0 Å². The second kappa shape index (κ2) is 10.4. The molecule has 0 spiro atoms. The number of hydrogen-bond donors (Lipinski definition) is 1. The van der Waals surface area contributed by atoms with Crippen LogP contribution in [0.15, 0.2) is 53.4 Å². The Labute approximate surface area is 201 Å². The highest BCUT2D eigenvalue weighted by molar-refractivity contribution is 7.90. The summed E-state index contributed by atoms with van der Waals surface area (Å²) in [5.41, 5.74) is 1.99. The van der Waals surface area contributed by atoms with Gasteiger partial charge in [0.2, 0.25) is 11.8 Å². The van der Waals surface area contributed by atoms with E-state index < -0.39 is 27.9 Å². The molecule has 182 valence electrons. The maximum absolute atomic E-state index is 13.4. The van der Waals surface area contributed by atoms with Crippen LogP contribution < -0.4 is 5.32 Å². The Kier molecular flexibility index (Phi) is 7.76. The van der Waals surface area contributed by atoms with E-state index in [-0.39, 0.29) is 41.9 Å². The van der Waals surface area contributed by atoms with E-state index in [1.807, 2.05) is 52.0 Å². The first-order valence-electron chi connectivity index (χ1n) is 11.4. The van der Waals surface area contributed by atoms with E-state index in [4.69, 9.17) is 0 Å². The lowest BCUT2D eigenvalue weighted by atomic mass is 10.1. The van der Waals surface area contributed by atoms with Crippen molar-refractivity contribution in [1.82, 2.24) is 14.5 Å². The first-order valence-corrected chi connectivity index (χ1v) is 12.8. The zero-order chi connectivity index (χ0) is 25.0. The molecule has 2 aromatic rings. The Morgan fingerprint density at radius 3 is 2.41 bits per heavy atom. The van der Waals surface area contributed by atoms with E-state index in [9.17, 15) is 22.8 Å². The van der Waals surface area contributed by atoms with Crippen LogP contribution in [0.1, 0.15) is 55.1 Å². The molecule has 1 aliphatic heterocycles. The lowest BCUT2D eigenvalue weighted by Crippen LogP contribution is -2.51. The van der Waals surface area contributed by atoms with E-state index >= 15 is 0 Å². The van der Waals surface area contributed by atoms with Gasteiger partial charge in [-0.05, 0) is 44.9 Å². The molecule has 3 amide bonds. The van der Waals surface area contributed by atoms with Crippen molar-refractivity contribution < 1.29 is 22.8 Å². The number of nitrogens with one attached hydrogen (secondary N) is 1. The third-order valence-corrected chi connectivity index (χ3v) is 7.53. The van der Waals surface area contributed by atoms with E-state index in [1.165, 1.54) is 17.0 Å². The molecule has 0 aromatic heterocycles. The molecule has 0 saturated carbocycles. The predicted molar refractivity (Wildman–Crippen MR) is 128 cm³/mol. The number of nitrogens with zero attached hydrogens (tertiary/aromatic N) is 2. The Balaban J connectivity index is 1.83. The summed E-state index contributed by atoms with van der Waals surface area (Å²) in [5, 5.41) is 2.86. The SMILES string of the molecule is CCC(C(=O)NC(C)C)N(Cc1cccc(C)c1)C(=O)CCN1C(=O)c2ccccc2S1(=O)=O. The zero-order valence-electron chi connectivity index (χ0n) is 19.9. The van der Waals surface area contributed by atoms with Gasteiger partial charge in [-0.15, -0.1) is 0 Å². The Morgan fingerprint density at radius 1 is 1.09 bits per heavy atom. The predicted octanol–water partition coefficient (Wildman–Crippen LogP) is 2.86. The number of aryl methyl sites for hydroxylation is 1. The van der Waals surface area contributed by atoms with Gasteiger partial charge in [0.05, 0.1) is 5.56 Å². The van der Waals surface area contributed by atoms with Crippen LogP contribution in [0.5, 0.6) is 0 Å². The Morgan fingerprint density at radius 2 is 1.79 bits per heavy atom. The molecule has 1 heterocycles. The molecule has 8 nitrogen and oxygen atoms in total. The molecule has 0 fully saturated rings. The van der Waals surface area contributed by atoms with Crippen LogP contribution in [0.2, 0.25) is 0 Å². The standard InChI is InChI=1S/C25H31N3O5S/c1-5-21(24(30)26-17(2)3)27(16-19-10-8-9-18(4)15-19)23(29)13-14-28-25(31)20-11-6-7-12-22(20)34(28,32)33/h6-12,15,17,21H,5,13-14,16H2,1-4H3,(H,26,30). The van der Waals surface area contributed by atoms with Crippen LogP contribution in [0.3, 0.4) is 0 Å². The largest absolute Gasteiger partial charge is 0.352 e. The van der Waals surface area contributed by atoms with Crippen LogP contribution in [-0.4, -0.2) is 54.0 Å². The van der Waals surface area contributed by atoms with E-state index in [1.54, 1.807) is 12.1 Å². The molecule has 0 radical (unpaired) electrons. The molecule has 3 rings (SSSR count). The molecule has 1 N–H and O–H groups in total. The molecule has 1 atom stereocenters. The van der Waals surface area contributed by atoms with Crippen molar-refractivity contribution in [2.45, 2.75) is 64.1 Å². The minimum atomic E-state index is -4.01. The van der Waals surface area contributed by atoms with Crippen molar-refractivity contribution in [1.29, 1.82) is 0 Å². The van der Waals surface area contributed by atoms with Gasteiger partial charge >= 0.3 is 0 Å². The summed E-state index contributed by atoms with van der Waals surface area (Å²) >= 11 is 0. The van der Waals surface area contributed by atoms with E-state index in [2.05, 4.69) is 5.32 Å². The van der Waals surface area contributed by atoms with Crippen molar-refractivity contribution >= 4 is 27.7 Å².